The molecule has 1 aliphatic heterocycles. The fraction of sp³-hybridized carbons (Fsp3) is 0.375. The van der Waals surface area contributed by atoms with Crippen molar-refractivity contribution < 1.29 is 8.42 Å². The summed E-state index contributed by atoms with van der Waals surface area (Å²) in [6.45, 7) is 1.44. The topological polar surface area (TPSA) is 157 Å². The molecule has 3 aromatic rings. The van der Waals surface area contributed by atoms with Crippen LogP contribution in [-0.2, 0) is 10.0 Å². The second-order valence-corrected chi connectivity index (χ2v) is 8.20. The largest absolute Gasteiger partial charge is 0.383 e. The van der Waals surface area contributed by atoms with Gasteiger partial charge in [0.25, 0.3) is 0 Å². The van der Waals surface area contributed by atoms with Gasteiger partial charge in [0.2, 0.25) is 16.0 Å². The van der Waals surface area contributed by atoms with Crippen molar-refractivity contribution in [3.05, 3.63) is 24.7 Å². The number of nitrogens with one attached hydrogen (secondary N) is 1. The van der Waals surface area contributed by atoms with Gasteiger partial charge in [-0.15, -0.1) is 0 Å². The molecule has 0 aliphatic carbocycles. The fourth-order valence-electron chi connectivity index (χ4n) is 2.76. The zero-order valence-corrected chi connectivity index (χ0v) is 15.8. The molecule has 3 aromatic heterocycles. The number of nitrogens with zero attached hydrogens (tertiary/aromatic N) is 5. The number of hydrogen-bond donors (Lipinski definition) is 3. The molecule has 0 atom stereocenters. The number of hydrogen-bond acceptors (Lipinski definition) is 8. The molecule has 4 heterocycles. The molecule has 1 saturated heterocycles. The maximum Gasteiger partial charge on any atom is 0.221 e. The Labute approximate surface area is 157 Å². The molecule has 11 heteroatoms. The molecule has 0 radical (unpaired) electrons. The number of fused-ring (bicyclic) bond motifs is 1. The first-order chi connectivity index (χ1) is 12.8. The van der Waals surface area contributed by atoms with Crippen molar-refractivity contribution in [1.29, 1.82) is 0 Å². The van der Waals surface area contributed by atoms with Crippen LogP contribution in [0.2, 0.25) is 0 Å². The standard InChI is InChI=1S/C10H9N7.C6H13NO2S/c11-8-5(3-15-10(12)17-8)7-4-14-9-6(16-7)1-2-13-9;1-10(8,9)7-5-3-2-4-6-7/h1-4H,(H,13,14)(H4,11,12,15,17);2-6H2,1H3. The fourth-order valence-corrected chi connectivity index (χ4v) is 3.68. The van der Waals surface area contributed by atoms with Gasteiger partial charge in [0.05, 0.1) is 23.7 Å². The molecule has 0 spiro atoms. The normalized spacial score (nSPS) is 15.3. The summed E-state index contributed by atoms with van der Waals surface area (Å²) < 4.78 is 23.4. The highest BCUT2D eigenvalue weighted by atomic mass is 32.2. The monoisotopic (exact) mass is 390 g/mol. The van der Waals surface area contributed by atoms with Crippen LogP contribution in [0.3, 0.4) is 0 Å². The van der Waals surface area contributed by atoms with Crippen molar-refractivity contribution in [2.24, 2.45) is 0 Å². The minimum Gasteiger partial charge on any atom is -0.383 e. The smallest absolute Gasteiger partial charge is 0.221 e. The summed E-state index contributed by atoms with van der Waals surface area (Å²) in [6.07, 6.45) is 9.42. The molecule has 144 valence electrons. The number of nitrogen functional groups attached to an aromatic ring is 2. The molecular formula is C16H22N8O2S. The summed E-state index contributed by atoms with van der Waals surface area (Å²) >= 11 is 0. The van der Waals surface area contributed by atoms with Gasteiger partial charge in [-0.2, -0.15) is 4.98 Å². The Hall–Kier alpha value is -2.79. The SMILES string of the molecule is CS(=O)(=O)N1CCCCC1.Nc1ncc(-c2cnc3[nH]ccc3n2)c(N)n1. The number of aromatic amines is 1. The molecule has 0 amide bonds. The third-order valence-electron chi connectivity index (χ3n) is 4.16. The Morgan fingerprint density at radius 1 is 1.07 bits per heavy atom. The van der Waals surface area contributed by atoms with Gasteiger partial charge in [-0.05, 0) is 18.9 Å². The molecule has 0 aromatic carbocycles. The second kappa shape index (κ2) is 7.84. The van der Waals surface area contributed by atoms with Crippen LogP contribution in [-0.4, -0.2) is 57.0 Å². The maximum atomic E-state index is 10.9. The third-order valence-corrected chi connectivity index (χ3v) is 5.46. The van der Waals surface area contributed by atoms with E-state index in [9.17, 15) is 8.42 Å². The number of sulfonamides is 1. The van der Waals surface area contributed by atoms with E-state index < -0.39 is 10.0 Å². The molecule has 0 bridgehead atoms. The van der Waals surface area contributed by atoms with Gasteiger partial charge < -0.3 is 16.5 Å². The van der Waals surface area contributed by atoms with E-state index in [1.165, 1.54) is 12.7 Å². The molecular weight excluding hydrogens is 368 g/mol. The van der Waals surface area contributed by atoms with Gasteiger partial charge in [-0.3, -0.25) is 0 Å². The Kier molecular flexibility index (Phi) is 5.51. The van der Waals surface area contributed by atoms with Crippen LogP contribution in [0, 0.1) is 0 Å². The molecule has 0 saturated carbocycles. The van der Waals surface area contributed by atoms with E-state index >= 15 is 0 Å². The van der Waals surface area contributed by atoms with Crippen molar-refractivity contribution in [2.75, 3.05) is 30.8 Å². The Morgan fingerprint density at radius 2 is 1.81 bits per heavy atom. The first-order valence-corrected chi connectivity index (χ1v) is 10.3. The number of anilines is 2. The number of H-pyrrole nitrogens is 1. The first-order valence-electron chi connectivity index (χ1n) is 8.48. The Bertz CT molecular complexity index is 1030. The average Bonchev–Trinajstić information content (AvgIpc) is 3.10. The van der Waals surface area contributed by atoms with E-state index in [2.05, 4.69) is 24.9 Å². The maximum absolute atomic E-state index is 10.9. The van der Waals surface area contributed by atoms with Gasteiger partial charge in [-0.1, -0.05) is 6.42 Å². The van der Waals surface area contributed by atoms with Crippen molar-refractivity contribution in [2.45, 2.75) is 19.3 Å². The zero-order chi connectivity index (χ0) is 19.4. The van der Waals surface area contributed by atoms with Crippen LogP contribution < -0.4 is 11.5 Å². The quantitative estimate of drug-likeness (QED) is 0.585. The minimum atomic E-state index is -2.89. The van der Waals surface area contributed by atoms with E-state index in [0.717, 1.165) is 37.1 Å². The van der Waals surface area contributed by atoms with Crippen LogP contribution in [0.4, 0.5) is 11.8 Å². The number of rotatable bonds is 2. The number of piperidine rings is 1. The van der Waals surface area contributed by atoms with Gasteiger partial charge in [-0.25, -0.2) is 27.7 Å². The Morgan fingerprint density at radius 3 is 2.44 bits per heavy atom. The molecule has 4 rings (SSSR count). The van der Waals surface area contributed by atoms with Crippen LogP contribution in [0.5, 0.6) is 0 Å². The molecule has 10 nitrogen and oxygen atoms in total. The average molecular weight is 390 g/mol. The summed E-state index contributed by atoms with van der Waals surface area (Å²) in [7, 11) is -2.89. The Balaban J connectivity index is 0.000000180. The highest BCUT2D eigenvalue weighted by Crippen LogP contribution is 2.22. The lowest BCUT2D eigenvalue weighted by Crippen LogP contribution is -2.34. The van der Waals surface area contributed by atoms with E-state index in [1.807, 2.05) is 6.07 Å². The molecule has 0 unspecified atom stereocenters. The summed E-state index contributed by atoms with van der Waals surface area (Å²) in [4.78, 5) is 19.4. The lowest BCUT2D eigenvalue weighted by Gasteiger charge is -2.23. The zero-order valence-electron chi connectivity index (χ0n) is 15.0. The van der Waals surface area contributed by atoms with E-state index in [4.69, 9.17) is 11.5 Å². The molecule has 5 N–H and O–H groups in total. The van der Waals surface area contributed by atoms with E-state index in [1.54, 1.807) is 22.9 Å². The molecule has 1 fully saturated rings. The molecule has 27 heavy (non-hydrogen) atoms. The predicted octanol–water partition coefficient (Wildman–Crippen LogP) is 1.01. The minimum absolute atomic E-state index is 0.141. The predicted molar refractivity (Wildman–Crippen MR) is 104 cm³/mol. The van der Waals surface area contributed by atoms with Crippen LogP contribution >= 0.6 is 0 Å². The van der Waals surface area contributed by atoms with Crippen LogP contribution in [0.25, 0.3) is 22.4 Å². The van der Waals surface area contributed by atoms with Gasteiger partial charge in [0, 0.05) is 25.5 Å². The van der Waals surface area contributed by atoms with Crippen LogP contribution in [0.15, 0.2) is 24.7 Å². The van der Waals surface area contributed by atoms with Crippen molar-refractivity contribution in [3.8, 4) is 11.3 Å². The van der Waals surface area contributed by atoms with E-state index in [-0.39, 0.29) is 5.95 Å². The van der Waals surface area contributed by atoms with Gasteiger partial charge in [0.1, 0.15) is 11.3 Å². The summed E-state index contributed by atoms with van der Waals surface area (Å²) in [5.41, 5.74) is 13.9. The number of aromatic nitrogens is 5. The van der Waals surface area contributed by atoms with Crippen molar-refractivity contribution in [1.82, 2.24) is 29.2 Å². The van der Waals surface area contributed by atoms with Gasteiger partial charge >= 0.3 is 0 Å². The summed E-state index contributed by atoms with van der Waals surface area (Å²) in [6, 6.07) is 1.83. The summed E-state index contributed by atoms with van der Waals surface area (Å²) in [5.74, 6) is 0.434. The summed E-state index contributed by atoms with van der Waals surface area (Å²) in [5, 5.41) is 0. The van der Waals surface area contributed by atoms with Crippen LogP contribution in [0.1, 0.15) is 19.3 Å². The lowest BCUT2D eigenvalue weighted by molar-refractivity contribution is 0.349. The second-order valence-electron chi connectivity index (χ2n) is 6.22. The third kappa shape index (κ3) is 4.68. The highest BCUT2D eigenvalue weighted by Gasteiger charge is 2.18. The van der Waals surface area contributed by atoms with Gasteiger partial charge in [0.15, 0.2) is 5.65 Å². The molecule has 1 aliphatic rings. The number of nitrogens with two attached hydrogens (primary N) is 2. The van der Waals surface area contributed by atoms with Crippen molar-refractivity contribution in [3.63, 3.8) is 0 Å². The highest BCUT2D eigenvalue weighted by molar-refractivity contribution is 7.88. The van der Waals surface area contributed by atoms with E-state index in [0.29, 0.717) is 17.1 Å². The van der Waals surface area contributed by atoms with Crippen molar-refractivity contribution >= 4 is 33.0 Å². The lowest BCUT2D eigenvalue weighted by atomic mass is 10.2. The first kappa shape index (κ1) is 19.0.